The molecule has 0 fully saturated rings. The number of aliphatic carboxylic acids is 1. The highest BCUT2D eigenvalue weighted by atomic mass is 16.6. The number of amides is 1. The van der Waals surface area contributed by atoms with E-state index in [-0.39, 0.29) is 13.2 Å². The van der Waals surface area contributed by atoms with Gasteiger partial charge in [0.15, 0.2) is 0 Å². The number of carbonyl (C=O) groups is 2. The lowest BCUT2D eigenvalue weighted by atomic mass is 9.82. The number of nitriles is 1. The topological polar surface area (TPSA) is 129 Å². The van der Waals surface area contributed by atoms with E-state index in [9.17, 15) is 9.59 Å². The number of rotatable bonds is 9. The molecule has 31 heavy (non-hydrogen) atoms. The molecular formula is C23H24N2O6. The summed E-state index contributed by atoms with van der Waals surface area (Å²) < 4.78 is 11.1. The van der Waals surface area contributed by atoms with Crippen LogP contribution in [-0.4, -0.2) is 35.5 Å². The highest BCUT2D eigenvalue weighted by molar-refractivity contribution is 5.85. The van der Waals surface area contributed by atoms with Crippen LogP contribution >= 0.6 is 0 Å². The van der Waals surface area contributed by atoms with Gasteiger partial charge in [0.25, 0.3) is 0 Å². The average molecular weight is 424 g/mol. The molecule has 8 nitrogen and oxygen atoms in total. The Morgan fingerprint density at radius 1 is 1.23 bits per heavy atom. The summed E-state index contributed by atoms with van der Waals surface area (Å²) in [6.45, 7) is 3.45. The van der Waals surface area contributed by atoms with Crippen LogP contribution in [-0.2, 0) is 9.53 Å². The van der Waals surface area contributed by atoms with Crippen LogP contribution in [0.2, 0.25) is 0 Å². The van der Waals surface area contributed by atoms with Gasteiger partial charge in [-0.3, -0.25) is 5.32 Å². The number of carboxylic acids is 1. The Balaban J connectivity index is 2.29. The molecule has 0 unspecified atom stereocenters. The number of aliphatic hydroxyl groups excluding tert-OH is 1. The summed E-state index contributed by atoms with van der Waals surface area (Å²) in [5.41, 5.74) is 0.610. The molecule has 0 bridgehead atoms. The second-order valence-electron chi connectivity index (χ2n) is 7.24. The summed E-state index contributed by atoms with van der Waals surface area (Å²) in [4.78, 5) is 23.6. The smallest absolute Gasteiger partial charge is 0.412 e. The van der Waals surface area contributed by atoms with Crippen molar-refractivity contribution in [1.82, 2.24) is 0 Å². The normalized spacial score (nSPS) is 12.1. The van der Waals surface area contributed by atoms with Crippen molar-refractivity contribution in [2.75, 3.05) is 18.5 Å². The van der Waals surface area contributed by atoms with Crippen molar-refractivity contribution < 1.29 is 29.3 Å². The fourth-order valence-electron chi connectivity index (χ4n) is 2.84. The monoisotopic (exact) mass is 424 g/mol. The van der Waals surface area contributed by atoms with Crippen molar-refractivity contribution in [2.24, 2.45) is 5.41 Å². The van der Waals surface area contributed by atoms with Gasteiger partial charge in [0.1, 0.15) is 18.5 Å². The van der Waals surface area contributed by atoms with E-state index in [1.165, 1.54) is 6.08 Å². The molecular weight excluding hydrogens is 400 g/mol. The molecule has 2 aromatic carbocycles. The molecule has 0 aliphatic heterocycles. The minimum atomic E-state index is -1.12. The number of nitrogens with one attached hydrogen (secondary N) is 1. The second-order valence-corrected chi connectivity index (χ2v) is 7.24. The van der Waals surface area contributed by atoms with Crippen LogP contribution in [0.4, 0.5) is 10.5 Å². The Bertz CT molecular complexity index is 976. The Morgan fingerprint density at radius 3 is 2.55 bits per heavy atom. The first-order valence-electron chi connectivity index (χ1n) is 9.49. The molecule has 2 aromatic rings. The first kappa shape index (κ1) is 23.4. The summed E-state index contributed by atoms with van der Waals surface area (Å²) >= 11 is 0. The number of anilines is 1. The van der Waals surface area contributed by atoms with Gasteiger partial charge in [-0.1, -0.05) is 32.1 Å². The van der Waals surface area contributed by atoms with Crippen LogP contribution in [0, 0.1) is 16.7 Å². The second kappa shape index (κ2) is 10.8. The Morgan fingerprint density at radius 2 is 1.94 bits per heavy atom. The number of carbonyl (C=O) groups excluding carboxylic acids is 1. The van der Waals surface area contributed by atoms with Crippen LogP contribution < -0.4 is 10.1 Å². The quantitative estimate of drug-likeness (QED) is 0.521. The lowest BCUT2D eigenvalue weighted by Crippen LogP contribution is -2.28. The van der Waals surface area contributed by atoms with Crippen LogP contribution in [0.1, 0.15) is 31.1 Å². The fraction of sp³-hybridized carbons (Fsp3) is 0.261. The largest absolute Gasteiger partial charge is 0.491 e. The van der Waals surface area contributed by atoms with Crippen molar-refractivity contribution in [3.05, 3.63) is 71.8 Å². The van der Waals surface area contributed by atoms with Crippen molar-refractivity contribution in [1.29, 1.82) is 5.26 Å². The minimum absolute atomic E-state index is 0.108. The molecule has 0 aliphatic rings. The maximum absolute atomic E-state index is 12.6. The Hall–Kier alpha value is -3.83. The van der Waals surface area contributed by atoms with Crippen molar-refractivity contribution in [3.63, 3.8) is 0 Å². The maximum atomic E-state index is 12.6. The van der Waals surface area contributed by atoms with E-state index in [1.54, 1.807) is 62.4 Å². The zero-order valence-electron chi connectivity index (χ0n) is 17.2. The van der Waals surface area contributed by atoms with Crippen LogP contribution in [0.5, 0.6) is 5.75 Å². The highest BCUT2D eigenvalue weighted by Crippen LogP contribution is 2.39. The SMILES string of the molecule is CC(C)(/C=C/C(=O)O)[C@H](OC(=O)Nc1ccc(C#N)cc1)c1cccc(OCCO)c1. The molecule has 1 amide bonds. The summed E-state index contributed by atoms with van der Waals surface area (Å²) in [5.74, 6) is -0.639. The van der Waals surface area contributed by atoms with E-state index in [0.29, 0.717) is 22.6 Å². The third-order valence-corrected chi connectivity index (χ3v) is 4.34. The van der Waals surface area contributed by atoms with E-state index in [0.717, 1.165) is 6.08 Å². The van der Waals surface area contributed by atoms with E-state index in [4.69, 9.17) is 24.9 Å². The van der Waals surface area contributed by atoms with Crippen molar-refractivity contribution in [2.45, 2.75) is 20.0 Å². The molecule has 0 heterocycles. The summed E-state index contributed by atoms with van der Waals surface area (Å²) in [6, 6.07) is 15.1. The van der Waals surface area contributed by atoms with E-state index in [1.807, 2.05) is 6.07 Å². The van der Waals surface area contributed by atoms with Gasteiger partial charge in [-0.25, -0.2) is 9.59 Å². The van der Waals surface area contributed by atoms with Crippen LogP contribution in [0.25, 0.3) is 0 Å². The molecule has 2 rings (SSSR count). The Kier molecular flexibility index (Phi) is 8.17. The van der Waals surface area contributed by atoms with Gasteiger partial charge in [-0.2, -0.15) is 5.26 Å². The summed E-state index contributed by atoms with van der Waals surface area (Å²) in [7, 11) is 0. The third-order valence-electron chi connectivity index (χ3n) is 4.34. The number of benzene rings is 2. The summed E-state index contributed by atoms with van der Waals surface area (Å²) in [6.07, 6.45) is 0.865. The van der Waals surface area contributed by atoms with Gasteiger partial charge in [-0.15, -0.1) is 0 Å². The predicted octanol–water partition coefficient (Wildman–Crippen LogP) is 3.89. The molecule has 0 aliphatic carbocycles. The van der Waals surface area contributed by atoms with E-state index in [2.05, 4.69) is 5.32 Å². The molecule has 0 aromatic heterocycles. The standard InChI is InChI=1S/C23H24N2O6/c1-23(2,11-10-20(27)28)21(17-4-3-5-19(14-17)30-13-12-26)31-22(29)25-18-8-6-16(15-24)7-9-18/h3-11,14,21,26H,12-13H2,1-2H3,(H,25,29)(H,27,28)/b11-10+/t21-/m1/s1. The van der Waals surface area contributed by atoms with Gasteiger partial charge in [0, 0.05) is 17.2 Å². The zero-order valence-corrected chi connectivity index (χ0v) is 17.2. The molecule has 0 saturated heterocycles. The number of carboxylic acid groups (broad SMARTS) is 1. The van der Waals surface area contributed by atoms with Gasteiger partial charge in [0.05, 0.1) is 18.2 Å². The molecule has 0 saturated carbocycles. The number of ether oxygens (including phenoxy) is 2. The molecule has 3 N–H and O–H groups in total. The average Bonchev–Trinajstić information content (AvgIpc) is 2.75. The van der Waals surface area contributed by atoms with E-state index >= 15 is 0 Å². The number of hydrogen-bond acceptors (Lipinski definition) is 6. The number of nitrogens with zero attached hydrogens (tertiary/aromatic N) is 1. The van der Waals surface area contributed by atoms with Crippen LogP contribution in [0.15, 0.2) is 60.7 Å². The van der Waals surface area contributed by atoms with Crippen molar-refractivity contribution >= 4 is 17.7 Å². The van der Waals surface area contributed by atoms with Gasteiger partial charge >= 0.3 is 12.1 Å². The molecule has 0 spiro atoms. The first-order valence-corrected chi connectivity index (χ1v) is 9.49. The first-order chi connectivity index (χ1) is 14.7. The molecule has 1 atom stereocenters. The zero-order chi connectivity index (χ0) is 22.9. The van der Waals surface area contributed by atoms with Crippen molar-refractivity contribution in [3.8, 4) is 11.8 Å². The van der Waals surface area contributed by atoms with Gasteiger partial charge in [0.2, 0.25) is 0 Å². The lowest BCUT2D eigenvalue weighted by Gasteiger charge is -2.31. The third kappa shape index (κ3) is 7.17. The van der Waals surface area contributed by atoms with Gasteiger partial charge in [-0.05, 0) is 42.0 Å². The lowest BCUT2D eigenvalue weighted by molar-refractivity contribution is -0.131. The molecule has 0 radical (unpaired) electrons. The minimum Gasteiger partial charge on any atom is -0.491 e. The van der Waals surface area contributed by atoms with E-state index < -0.39 is 23.6 Å². The number of hydrogen-bond donors (Lipinski definition) is 3. The number of aliphatic hydroxyl groups is 1. The van der Waals surface area contributed by atoms with Gasteiger partial charge < -0.3 is 19.7 Å². The molecule has 162 valence electrons. The van der Waals surface area contributed by atoms with Crippen LogP contribution in [0.3, 0.4) is 0 Å². The maximum Gasteiger partial charge on any atom is 0.412 e. The summed E-state index contributed by atoms with van der Waals surface area (Å²) in [5, 5.41) is 29.5. The Labute approximate surface area is 180 Å². The highest BCUT2D eigenvalue weighted by Gasteiger charge is 2.33. The predicted molar refractivity (Wildman–Crippen MR) is 114 cm³/mol. The fourth-order valence-corrected chi connectivity index (χ4v) is 2.84. The molecule has 8 heteroatoms.